The van der Waals surface area contributed by atoms with Crippen molar-refractivity contribution in [2.75, 3.05) is 0 Å². The van der Waals surface area contributed by atoms with Crippen LogP contribution >= 0.6 is 12.4 Å². The highest BCUT2D eigenvalue weighted by molar-refractivity contribution is 5.85. The molecule has 0 fully saturated rings. The van der Waals surface area contributed by atoms with E-state index in [4.69, 9.17) is 5.73 Å². The molecule has 80 valence electrons. The number of nitrogens with zero attached hydrogens (tertiary/aromatic N) is 1. The molecular formula is C7H7ClF4N2. The Morgan fingerprint density at radius 2 is 1.93 bits per heavy atom. The van der Waals surface area contributed by atoms with Crippen LogP contribution in [-0.4, -0.2) is 4.98 Å². The van der Waals surface area contributed by atoms with Gasteiger partial charge in [0.15, 0.2) is 0 Å². The molecule has 0 spiro atoms. The van der Waals surface area contributed by atoms with E-state index >= 15 is 0 Å². The molecule has 1 rings (SSSR count). The molecule has 0 aliphatic heterocycles. The van der Waals surface area contributed by atoms with Crippen LogP contribution in [0.2, 0.25) is 0 Å². The number of halogens is 5. The molecule has 0 unspecified atom stereocenters. The van der Waals surface area contributed by atoms with Gasteiger partial charge in [0, 0.05) is 6.54 Å². The molecule has 14 heavy (non-hydrogen) atoms. The van der Waals surface area contributed by atoms with Crippen LogP contribution in [0.1, 0.15) is 11.3 Å². The Kier molecular flexibility index (Phi) is 4.28. The van der Waals surface area contributed by atoms with Gasteiger partial charge in [0.1, 0.15) is 11.5 Å². The van der Waals surface area contributed by atoms with Crippen LogP contribution in [0.15, 0.2) is 12.3 Å². The van der Waals surface area contributed by atoms with Gasteiger partial charge in [-0.1, -0.05) is 0 Å². The molecule has 0 amide bonds. The van der Waals surface area contributed by atoms with Crippen LogP contribution in [0.25, 0.3) is 0 Å². The van der Waals surface area contributed by atoms with Gasteiger partial charge in [-0.2, -0.15) is 13.2 Å². The first kappa shape index (κ1) is 13.1. The summed E-state index contributed by atoms with van der Waals surface area (Å²) < 4.78 is 48.8. The first-order valence-electron chi connectivity index (χ1n) is 3.37. The van der Waals surface area contributed by atoms with Gasteiger partial charge in [-0.25, -0.2) is 9.37 Å². The first-order chi connectivity index (χ1) is 5.95. The van der Waals surface area contributed by atoms with Crippen molar-refractivity contribution in [3.63, 3.8) is 0 Å². The summed E-state index contributed by atoms with van der Waals surface area (Å²) in [5.41, 5.74) is 3.54. The summed E-state index contributed by atoms with van der Waals surface area (Å²) in [4.78, 5) is 2.94. The summed E-state index contributed by atoms with van der Waals surface area (Å²) in [7, 11) is 0. The topological polar surface area (TPSA) is 38.9 Å². The van der Waals surface area contributed by atoms with Gasteiger partial charge in [0.05, 0.1) is 6.20 Å². The molecule has 0 aromatic carbocycles. The second-order valence-corrected chi connectivity index (χ2v) is 2.36. The van der Waals surface area contributed by atoms with Gasteiger partial charge in [0.25, 0.3) is 0 Å². The van der Waals surface area contributed by atoms with E-state index in [9.17, 15) is 17.6 Å². The van der Waals surface area contributed by atoms with Crippen molar-refractivity contribution in [2.24, 2.45) is 5.73 Å². The lowest BCUT2D eigenvalue weighted by atomic mass is 10.2. The number of alkyl halides is 3. The second kappa shape index (κ2) is 4.56. The molecule has 7 heteroatoms. The minimum atomic E-state index is -4.58. The molecule has 1 aromatic heterocycles. The summed E-state index contributed by atoms with van der Waals surface area (Å²) in [6, 6.07) is 0.732. The Morgan fingerprint density at radius 3 is 2.36 bits per heavy atom. The van der Waals surface area contributed by atoms with Gasteiger partial charge < -0.3 is 5.73 Å². The number of hydrogen-bond donors (Lipinski definition) is 1. The summed E-state index contributed by atoms with van der Waals surface area (Å²) in [5.74, 6) is -0.826. The number of hydrogen-bond acceptors (Lipinski definition) is 2. The third-order valence-electron chi connectivity index (χ3n) is 1.42. The number of rotatable bonds is 1. The summed E-state index contributed by atoms with van der Waals surface area (Å²) >= 11 is 0. The van der Waals surface area contributed by atoms with Crippen molar-refractivity contribution >= 4 is 12.4 Å². The molecule has 2 nitrogen and oxygen atoms in total. The smallest absolute Gasteiger partial charge is 0.326 e. The van der Waals surface area contributed by atoms with Crippen LogP contribution in [0.4, 0.5) is 17.6 Å². The average molecular weight is 231 g/mol. The maximum atomic E-state index is 12.4. The van der Waals surface area contributed by atoms with Crippen molar-refractivity contribution in [3.8, 4) is 0 Å². The number of aromatic nitrogens is 1. The predicted octanol–water partition coefficient (Wildman–Crippen LogP) is 2.12. The van der Waals surface area contributed by atoms with Crippen LogP contribution in [-0.2, 0) is 12.7 Å². The highest BCUT2D eigenvalue weighted by Gasteiger charge is 2.34. The van der Waals surface area contributed by atoms with Gasteiger partial charge in [-0.15, -0.1) is 12.4 Å². The minimum Gasteiger partial charge on any atom is -0.326 e. The fourth-order valence-corrected chi connectivity index (χ4v) is 0.892. The van der Waals surface area contributed by atoms with E-state index < -0.39 is 17.7 Å². The molecule has 0 aliphatic carbocycles. The van der Waals surface area contributed by atoms with Crippen LogP contribution in [0.3, 0.4) is 0 Å². The SMILES string of the molecule is Cl.NCc1cc(F)cnc1C(F)(F)F. The van der Waals surface area contributed by atoms with E-state index in [1.54, 1.807) is 0 Å². The fourth-order valence-electron chi connectivity index (χ4n) is 0.892. The summed E-state index contributed by atoms with van der Waals surface area (Å²) in [5, 5.41) is 0. The third kappa shape index (κ3) is 2.81. The molecule has 0 bridgehead atoms. The number of pyridine rings is 1. The lowest BCUT2D eigenvalue weighted by molar-refractivity contribution is -0.141. The molecule has 2 N–H and O–H groups in total. The zero-order valence-electron chi connectivity index (χ0n) is 6.81. The Labute approximate surface area is 83.5 Å². The molecule has 1 aromatic rings. The van der Waals surface area contributed by atoms with Crippen molar-refractivity contribution in [2.45, 2.75) is 12.7 Å². The monoisotopic (exact) mass is 230 g/mol. The minimum absolute atomic E-state index is 0. The Bertz CT molecular complexity index is 313. The van der Waals surface area contributed by atoms with Gasteiger partial charge >= 0.3 is 6.18 Å². The van der Waals surface area contributed by atoms with Crippen LogP contribution < -0.4 is 5.73 Å². The van der Waals surface area contributed by atoms with E-state index in [2.05, 4.69) is 4.98 Å². The second-order valence-electron chi connectivity index (χ2n) is 2.36. The van der Waals surface area contributed by atoms with E-state index in [-0.39, 0.29) is 24.5 Å². The summed E-state index contributed by atoms with van der Waals surface area (Å²) in [6.45, 7) is -0.389. The lowest BCUT2D eigenvalue weighted by Gasteiger charge is -2.09. The van der Waals surface area contributed by atoms with E-state index in [0.717, 1.165) is 6.07 Å². The zero-order chi connectivity index (χ0) is 10.1. The van der Waals surface area contributed by atoms with Crippen LogP contribution in [0.5, 0.6) is 0 Å². The molecule has 0 saturated carbocycles. The molecule has 0 radical (unpaired) electrons. The van der Waals surface area contributed by atoms with Crippen molar-refractivity contribution < 1.29 is 17.6 Å². The van der Waals surface area contributed by atoms with Gasteiger partial charge in [-0.05, 0) is 11.6 Å². The third-order valence-corrected chi connectivity index (χ3v) is 1.42. The Morgan fingerprint density at radius 1 is 1.36 bits per heavy atom. The number of nitrogens with two attached hydrogens (primary N) is 1. The molecule has 0 saturated heterocycles. The van der Waals surface area contributed by atoms with E-state index in [1.165, 1.54) is 0 Å². The maximum Gasteiger partial charge on any atom is 0.433 e. The average Bonchev–Trinajstić information content (AvgIpc) is 2.01. The maximum absolute atomic E-state index is 12.4. The van der Waals surface area contributed by atoms with E-state index in [0.29, 0.717) is 6.20 Å². The molecular weight excluding hydrogens is 224 g/mol. The first-order valence-corrected chi connectivity index (χ1v) is 3.37. The van der Waals surface area contributed by atoms with Crippen molar-refractivity contribution in [1.82, 2.24) is 4.98 Å². The highest BCUT2D eigenvalue weighted by Crippen LogP contribution is 2.30. The Hall–Kier alpha value is -0.880. The standard InChI is InChI=1S/C7H6F4N2.ClH/c8-5-1-4(2-12)6(13-3-5)7(9,10)11;/h1,3H,2,12H2;1H. The van der Waals surface area contributed by atoms with Gasteiger partial charge in [-0.3, -0.25) is 0 Å². The molecule has 1 heterocycles. The van der Waals surface area contributed by atoms with Crippen molar-refractivity contribution in [1.29, 1.82) is 0 Å². The quantitative estimate of drug-likeness (QED) is 0.751. The molecule has 0 aliphatic rings. The van der Waals surface area contributed by atoms with E-state index in [1.807, 2.05) is 0 Å². The van der Waals surface area contributed by atoms with Crippen molar-refractivity contribution in [3.05, 3.63) is 29.3 Å². The fraction of sp³-hybridized carbons (Fsp3) is 0.286. The Balaban J connectivity index is 0.00000169. The van der Waals surface area contributed by atoms with Crippen LogP contribution in [0, 0.1) is 5.82 Å². The summed E-state index contributed by atoms with van der Waals surface area (Å²) in [6.07, 6.45) is -4.07. The lowest BCUT2D eigenvalue weighted by Crippen LogP contribution is -2.14. The highest BCUT2D eigenvalue weighted by atomic mass is 35.5. The largest absolute Gasteiger partial charge is 0.433 e. The molecule has 0 atom stereocenters. The normalized spacial score (nSPS) is 10.9. The zero-order valence-corrected chi connectivity index (χ0v) is 7.62. The van der Waals surface area contributed by atoms with Gasteiger partial charge in [0.2, 0.25) is 0 Å². The predicted molar refractivity (Wildman–Crippen MR) is 44.3 cm³/mol.